The summed E-state index contributed by atoms with van der Waals surface area (Å²) in [5, 5.41) is 9.68. The molecule has 1 aromatic carbocycles. The number of halogens is 1. The number of nitrogens with zero attached hydrogens (tertiary/aromatic N) is 2. The van der Waals surface area contributed by atoms with Crippen LogP contribution in [0.4, 0.5) is 0 Å². The third kappa shape index (κ3) is 2.19. The molecule has 5 heteroatoms. The van der Waals surface area contributed by atoms with E-state index >= 15 is 0 Å². The van der Waals surface area contributed by atoms with Crippen LogP contribution in [0.2, 0.25) is 0 Å². The van der Waals surface area contributed by atoms with E-state index in [1.54, 1.807) is 7.11 Å². The minimum Gasteiger partial charge on any atom is -0.497 e. The maximum absolute atomic E-state index is 9.68. The van der Waals surface area contributed by atoms with Gasteiger partial charge in [0.05, 0.1) is 25.1 Å². The molecule has 0 unspecified atom stereocenters. The summed E-state index contributed by atoms with van der Waals surface area (Å²) in [6.07, 6.45) is 1.90. The van der Waals surface area contributed by atoms with Crippen molar-refractivity contribution in [1.29, 1.82) is 0 Å². The van der Waals surface area contributed by atoms with Crippen molar-refractivity contribution in [3.05, 3.63) is 52.8 Å². The Morgan fingerprint density at radius 1 is 1.30 bits per heavy atom. The van der Waals surface area contributed by atoms with E-state index in [0.29, 0.717) is 0 Å². The van der Waals surface area contributed by atoms with Gasteiger partial charge in [-0.1, -0.05) is 12.1 Å². The Morgan fingerprint density at radius 3 is 2.90 bits per heavy atom. The number of pyridine rings is 1. The largest absolute Gasteiger partial charge is 0.497 e. The number of benzene rings is 1. The first-order valence-electron chi connectivity index (χ1n) is 6.14. The second-order valence-corrected chi connectivity index (χ2v) is 5.29. The number of aromatic nitrogens is 2. The second-order valence-electron chi connectivity index (χ2n) is 4.37. The van der Waals surface area contributed by atoms with Gasteiger partial charge < -0.3 is 9.84 Å². The molecule has 4 nitrogen and oxygen atoms in total. The quantitative estimate of drug-likeness (QED) is 0.800. The lowest BCUT2D eigenvalue weighted by atomic mass is 10.1. The molecule has 20 heavy (non-hydrogen) atoms. The number of aliphatic hydroxyl groups excluding tert-OH is 1. The summed E-state index contributed by atoms with van der Waals surface area (Å²) in [4.78, 5) is 4.60. The molecule has 0 saturated heterocycles. The molecule has 102 valence electrons. The maximum Gasteiger partial charge on any atom is 0.137 e. The van der Waals surface area contributed by atoms with Gasteiger partial charge in [-0.05, 0) is 40.2 Å². The Hall–Kier alpha value is -1.85. The molecule has 0 bridgehead atoms. The zero-order valence-corrected chi connectivity index (χ0v) is 12.5. The van der Waals surface area contributed by atoms with Gasteiger partial charge in [0.15, 0.2) is 0 Å². The van der Waals surface area contributed by atoms with Crippen LogP contribution in [0, 0.1) is 0 Å². The van der Waals surface area contributed by atoms with Crippen LogP contribution in [-0.2, 0) is 6.61 Å². The third-order valence-electron chi connectivity index (χ3n) is 3.17. The fourth-order valence-corrected chi connectivity index (χ4v) is 2.56. The first-order valence-corrected chi connectivity index (χ1v) is 6.94. The molecule has 0 amide bonds. The number of imidazole rings is 1. The van der Waals surface area contributed by atoms with Crippen molar-refractivity contribution in [1.82, 2.24) is 9.38 Å². The first kappa shape index (κ1) is 13.1. The molecule has 0 spiro atoms. The average molecular weight is 333 g/mol. The smallest absolute Gasteiger partial charge is 0.137 e. The molecular formula is C15H13BrN2O2. The molecule has 3 aromatic rings. The van der Waals surface area contributed by atoms with Crippen LogP contribution in [0.5, 0.6) is 5.75 Å². The molecule has 1 N–H and O–H groups in total. The van der Waals surface area contributed by atoms with Gasteiger partial charge in [-0.3, -0.25) is 4.40 Å². The van der Waals surface area contributed by atoms with Crippen molar-refractivity contribution in [2.24, 2.45) is 0 Å². The first-order chi connectivity index (χ1) is 9.72. The number of fused-ring (bicyclic) bond motifs is 1. The van der Waals surface area contributed by atoms with Crippen molar-refractivity contribution in [2.75, 3.05) is 7.11 Å². The van der Waals surface area contributed by atoms with Crippen molar-refractivity contribution < 1.29 is 9.84 Å². The van der Waals surface area contributed by atoms with Crippen molar-refractivity contribution in [2.45, 2.75) is 6.61 Å². The van der Waals surface area contributed by atoms with Crippen LogP contribution in [0.3, 0.4) is 0 Å². The SMILES string of the molecule is COc1cccc(-c2nc3ccc(Br)cn3c2CO)c1. The number of ether oxygens (including phenoxy) is 1. The summed E-state index contributed by atoms with van der Waals surface area (Å²) in [6, 6.07) is 11.5. The van der Waals surface area contributed by atoms with Gasteiger partial charge >= 0.3 is 0 Å². The van der Waals surface area contributed by atoms with Crippen molar-refractivity contribution in [3.8, 4) is 17.0 Å². The molecular weight excluding hydrogens is 320 g/mol. The summed E-state index contributed by atoms with van der Waals surface area (Å²) in [7, 11) is 1.63. The monoisotopic (exact) mass is 332 g/mol. The fourth-order valence-electron chi connectivity index (χ4n) is 2.22. The van der Waals surface area contributed by atoms with Gasteiger partial charge in [0.1, 0.15) is 11.4 Å². The molecule has 0 fully saturated rings. The van der Waals surface area contributed by atoms with Crippen LogP contribution in [-0.4, -0.2) is 21.6 Å². The van der Waals surface area contributed by atoms with Crippen molar-refractivity contribution in [3.63, 3.8) is 0 Å². The van der Waals surface area contributed by atoms with E-state index in [4.69, 9.17) is 4.74 Å². The zero-order chi connectivity index (χ0) is 14.1. The molecule has 3 rings (SSSR count). The summed E-state index contributed by atoms with van der Waals surface area (Å²) in [5.41, 5.74) is 3.25. The summed E-state index contributed by atoms with van der Waals surface area (Å²) < 4.78 is 8.07. The van der Waals surface area contributed by atoms with E-state index in [0.717, 1.165) is 32.8 Å². The summed E-state index contributed by atoms with van der Waals surface area (Å²) in [6.45, 7) is -0.0792. The lowest BCUT2D eigenvalue weighted by molar-refractivity contribution is 0.276. The second kappa shape index (κ2) is 5.26. The zero-order valence-electron chi connectivity index (χ0n) is 10.9. The van der Waals surface area contributed by atoms with Crippen molar-refractivity contribution >= 4 is 21.6 Å². The highest BCUT2D eigenvalue weighted by Crippen LogP contribution is 2.28. The highest BCUT2D eigenvalue weighted by atomic mass is 79.9. The number of hydrogen-bond acceptors (Lipinski definition) is 3. The lowest BCUT2D eigenvalue weighted by Crippen LogP contribution is -1.94. The fraction of sp³-hybridized carbons (Fsp3) is 0.133. The highest BCUT2D eigenvalue weighted by Gasteiger charge is 2.13. The van der Waals surface area contributed by atoms with E-state index in [9.17, 15) is 5.11 Å². The number of methoxy groups -OCH3 is 1. The van der Waals surface area contributed by atoms with E-state index in [1.807, 2.05) is 47.0 Å². The minimum atomic E-state index is -0.0792. The normalized spacial score (nSPS) is 10.9. The van der Waals surface area contributed by atoms with Crippen LogP contribution in [0.15, 0.2) is 47.1 Å². The van der Waals surface area contributed by atoms with Gasteiger partial charge in [0, 0.05) is 16.2 Å². The Labute approximate surface area is 124 Å². The molecule has 0 atom stereocenters. The average Bonchev–Trinajstić information content (AvgIpc) is 2.85. The molecule has 0 aliphatic carbocycles. The van der Waals surface area contributed by atoms with Crippen LogP contribution < -0.4 is 4.74 Å². The number of hydrogen-bond donors (Lipinski definition) is 1. The standard InChI is InChI=1S/C15H13BrN2O2/c1-20-12-4-2-3-10(7-12)15-13(9-19)18-8-11(16)5-6-14(18)17-15/h2-8,19H,9H2,1H3. The Balaban J connectivity index is 2.24. The van der Waals surface area contributed by atoms with Gasteiger partial charge in [-0.2, -0.15) is 0 Å². The van der Waals surface area contributed by atoms with Crippen LogP contribution in [0.1, 0.15) is 5.69 Å². The van der Waals surface area contributed by atoms with Crippen LogP contribution in [0.25, 0.3) is 16.9 Å². The van der Waals surface area contributed by atoms with E-state index in [2.05, 4.69) is 20.9 Å². The number of rotatable bonds is 3. The predicted octanol–water partition coefficient (Wildman–Crippen LogP) is 3.26. The Kier molecular flexibility index (Phi) is 3.46. The van der Waals surface area contributed by atoms with E-state index in [1.165, 1.54) is 0 Å². The summed E-state index contributed by atoms with van der Waals surface area (Å²) >= 11 is 3.43. The molecule has 0 aliphatic rings. The highest BCUT2D eigenvalue weighted by molar-refractivity contribution is 9.10. The Bertz CT molecular complexity index is 768. The maximum atomic E-state index is 9.68. The van der Waals surface area contributed by atoms with Gasteiger partial charge in [0.25, 0.3) is 0 Å². The van der Waals surface area contributed by atoms with E-state index in [-0.39, 0.29) is 6.61 Å². The molecule has 2 heterocycles. The van der Waals surface area contributed by atoms with Gasteiger partial charge in [-0.25, -0.2) is 4.98 Å². The topological polar surface area (TPSA) is 46.8 Å². The van der Waals surface area contributed by atoms with E-state index < -0.39 is 0 Å². The molecule has 0 radical (unpaired) electrons. The molecule has 0 saturated carbocycles. The molecule has 0 aliphatic heterocycles. The Morgan fingerprint density at radius 2 is 2.15 bits per heavy atom. The number of aliphatic hydroxyl groups is 1. The minimum absolute atomic E-state index is 0.0792. The summed E-state index contributed by atoms with van der Waals surface area (Å²) in [5.74, 6) is 0.768. The van der Waals surface area contributed by atoms with Gasteiger partial charge in [-0.15, -0.1) is 0 Å². The third-order valence-corrected chi connectivity index (χ3v) is 3.64. The predicted molar refractivity (Wildman–Crippen MR) is 80.8 cm³/mol. The van der Waals surface area contributed by atoms with Crippen LogP contribution >= 0.6 is 15.9 Å². The molecule has 2 aromatic heterocycles. The lowest BCUT2D eigenvalue weighted by Gasteiger charge is -2.04. The van der Waals surface area contributed by atoms with Gasteiger partial charge in [0.2, 0.25) is 0 Å².